The molecule has 6 nitrogen and oxygen atoms in total. The molecule has 0 bridgehead atoms. The molecular formula is C16H16N2O4S. The summed E-state index contributed by atoms with van der Waals surface area (Å²) in [7, 11) is -3.68. The maximum atomic E-state index is 12.7. The topological polar surface area (TPSA) is 87.6 Å². The van der Waals surface area contributed by atoms with E-state index in [0.717, 1.165) is 12.8 Å². The first-order valence-electron chi connectivity index (χ1n) is 7.27. The number of nitrogens with zero attached hydrogens (tertiary/aromatic N) is 2. The molecule has 0 saturated carbocycles. The second-order valence-electron chi connectivity index (χ2n) is 5.40. The van der Waals surface area contributed by atoms with Gasteiger partial charge >= 0.3 is 5.97 Å². The summed E-state index contributed by atoms with van der Waals surface area (Å²) in [5, 5.41) is 9.29. The Balaban J connectivity index is 2.13. The summed E-state index contributed by atoms with van der Waals surface area (Å²) in [6.07, 6.45) is 4.83. The molecule has 0 aliphatic carbocycles. The number of hydrogen-bond acceptors (Lipinski definition) is 4. The van der Waals surface area contributed by atoms with Crippen LogP contribution in [-0.4, -0.2) is 41.9 Å². The number of aromatic nitrogens is 1. The Labute approximate surface area is 134 Å². The quantitative estimate of drug-likeness (QED) is 0.927. The Morgan fingerprint density at radius 3 is 2.48 bits per heavy atom. The second-order valence-corrected chi connectivity index (χ2v) is 7.34. The summed E-state index contributed by atoms with van der Waals surface area (Å²) in [6.45, 7) is 0.948. The smallest absolute Gasteiger partial charge is 0.335 e. The van der Waals surface area contributed by atoms with E-state index in [1.165, 1.54) is 22.5 Å². The Morgan fingerprint density at radius 1 is 1.13 bits per heavy atom. The fourth-order valence-electron chi connectivity index (χ4n) is 2.65. The zero-order valence-corrected chi connectivity index (χ0v) is 13.2. The standard InChI is InChI=1S/C16H16N2O4S/c19-16(20)14-8-13(12-4-3-5-17-11-12)9-15(10-14)23(21,22)18-6-1-2-7-18/h3-5,8-11H,1-2,6-7H2,(H,19,20). The molecule has 1 saturated heterocycles. The molecule has 1 aromatic carbocycles. The first-order valence-corrected chi connectivity index (χ1v) is 8.71. The highest BCUT2D eigenvalue weighted by Gasteiger charge is 2.28. The fourth-order valence-corrected chi connectivity index (χ4v) is 4.24. The van der Waals surface area contributed by atoms with Crippen molar-refractivity contribution in [3.8, 4) is 11.1 Å². The number of benzene rings is 1. The highest BCUT2D eigenvalue weighted by atomic mass is 32.2. The van der Waals surface area contributed by atoms with Crippen LogP contribution in [0.1, 0.15) is 23.2 Å². The molecule has 1 N–H and O–H groups in total. The molecule has 120 valence electrons. The van der Waals surface area contributed by atoms with Gasteiger partial charge in [0.2, 0.25) is 10.0 Å². The van der Waals surface area contributed by atoms with Gasteiger partial charge < -0.3 is 5.11 Å². The normalized spacial score (nSPS) is 15.7. The third kappa shape index (κ3) is 3.11. The molecule has 0 radical (unpaired) electrons. The summed E-state index contributed by atoms with van der Waals surface area (Å²) in [4.78, 5) is 15.4. The van der Waals surface area contributed by atoms with Crippen molar-refractivity contribution in [1.29, 1.82) is 0 Å². The lowest BCUT2D eigenvalue weighted by Gasteiger charge is -2.16. The lowest BCUT2D eigenvalue weighted by atomic mass is 10.0. The van der Waals surface area contributed by atoms with E-state index >= 15 is 0 Å². The Hall–Kier alpha value is -2.25. The van der Waals surface area contributed by atoms with Gasteiger partial charge in [0, 0.05) is 31.0 Å². The van der Waals surface area contributed by atoms with Crippen LogP contribution in [0, 0.1) is 0 Å². The summed E-state index contributed by atoms with van der Waals surface area (Å²) >= 11 is 0. The van der Waals surface area contributed by atoms with Gasteiger partial charge in [0.15, 0.2) is 0 Å². The van der Waals surface area contributed by atoms with Crippen LogP contribution in [0.2, 0.25) is 0 Å². The van der Waals surface area contributed by atoms with Crippen molar-refractivity contribution < 1.29 is 18.3 Å². The largest absolute Gasteiger partial charge is 0.478 e. The van der Waals surface area contributed by atoms with E-state index in [-0.39, 0.29) is 10.5 Å². The van der Waals surface area contributed by atoms with E-state index in [2.05, 4.69) is 4.98 Å². The molecule has 1 aliphatic heterocycles. The molecular weight excluding hydrogens is 316 g/mol. The van der Waals surface area contributed by atoms with Gasteiger partial charge in [-0.25, -0.2) is 13.2 Å². The maximum absolute atomic E-state index is 12.7. The number of carbonyl (C=O) groups is 1. The van der Waals surface area contributed by atoms with Crippen LogP contribution in [0.15, 0.2) is 47.6 Å². The SMILES string of the molecule is O=C(O)c1cc(-c2cccnc2)cc(S(=O)(=O)N2CCCC2)c1. The lowest BCUT2D eigenvalue weighted by Crippen LogP contribution is -2.28. The summed E-state index contributed by atoms with van der Waals surface area (Å²) in [6, 6.07) is 7.67. The zero-order chi connectivity index (χ0) is 16.4. The number of pyridine rings is 1. The van der Waals surface area contributed by atoms with Crippen molar-refractivity contribution >= 4 is 16.0 Å². The number of sulfonamides is 1. The molecule has 23 heavy (non-hydrogen) atoms. The van der Waals surface area contributed by atoms with Crippen LogP contribution >= 0.6 is 0 Å². The monoisotopic (exact) mass is 332 g/mol. The van der Waals surface area contributed by atoms with Crippen LogP contribution in [0.5, 0.6) is 0 Å². The second kappa shape index (κ2) is 6.10. The zero-order valence-electron chi connectivity index (χ0n) is 12.3. The molecule has 0 spiro atoms. The number of hydrogen-bond donors (Lipinski definition) is 1. The third-order valence-corrected chi connectivity index (χ3v) is 5.73. The average molecular weight is 332 g/mol. The van der Waals surface area contributed by atoms with Crippen molar-refractivity contribution in [1.82, 2.24) is 9.29 Å². The molecule has 2 heterocycles. The van der Waals surface area contributed by atoms with Crippen molar-refractivity contribution in [3.05, 3.63) is 48.3 Å². The molecule has 0 unspecified atom stereocenters. The predicted octanol–water partition coefficient (Wildman–Crippen LogP) is 2.23. The first-order chi connectivity index (χ1) is 11.0. The Bertz CT molecular complexity index is 828. The van der Waals surface area contributed by atoms with Gasteiger partial charge in [-0.15, -0.1) is 0 Å². The van der Waals surface area contributed by atoms with Gasteiger partial charge in [-0.3, -0.25) is 4.98 Å². The molecule has 1 fully saturated rings. The van der Waals surface area contributed by atoms with Gasteiger partial charge in [-0.2, -0.15) is 4.31 Å². The molecule has 0 amide bonds. The molecule has 2 aromatic rings. The minimum absolute atomic E-state index is 0.0122. The van der Waals surface area contributed by atoms with Gasteiger partial charge in [-0.1, -0.05) is 6.07 Å². The number of rotatable bonds is 4. The van der Waals surface area contributed by atoms with Crippen molar-refractivity contribution in [2.24, 2.45) is 0 Å². The average Bonchev–Trinajstić information content (AvgIpc) is 3.10. The molecule has 3 rings (SSSR count). The van der Waals surface area contributed by atoms with Crippen LogP contribution in [0.4, 0.5) is 0 Å². The van der Waals surface area contributed by atoms with Gasteiger partial charge in [0.1, 0.15) is 0 Å². The summed E-state index contributed by atoms with van der Waals surface area (Å²) in [5.41, 5.74) is 1.15. The highest BCUT2D eigenvalue weighted by molar-refractivity contribution is 7.89. The fraction of sp³-hybridized carbons (Fsp3) is 0.250. The summed E-state index contributed by atoms with van der Waals surface area (Å²) in [5.74, 6) is -1.16. The van der Waals surface area contributed by atoms with E-state index in [4.69, 9.17) is 0 Å². The van der Waals surface area contributed by atoms with Gasteiger partial charge in [0.05, 0.1) is 10.5 Å². The summed E-state index contributed by atoms with van der Waals surface area (Å²) < 4.78 is 26.8. The number of aromatic carboxylic acids is 1. The molecule has 1 aromatic heterocycles. The van der Waals surface area contributed by atoms with Crippen LogP contribution < -0.4 is 0 Å². The van der Waals surface area contributed by atoms with E-state index in [0.29, 0.717) is 24.2 Å². The maximum Gasteiger partial charge on any atom is 0.335 e. The van der Waals surface area contributed by atoms with Crippen molar-refractivity contribution in [2.45, 2.75) is 17.7 Å². The first kappa shape index (κ1) is 15.6. The van der Waals surface area contributed by atoms with E-state index in [1.54, 1.807) is 24.5 Å². The molecule has 7 heteroatoms. The van der Waals surface area contributed by atoms with Crippen LogP contribution in [-0.2, 0) is 10.0 Å². The molecule has 1 aliphatic rings. The Kier molecular flexibility index (Phi) is 4.14. The van der Waals surface area contributed by atoms with Crippen molar-refractivity contribution in [3.63, 3.8) is 0 Å². The van der Waals surface area contributed by atoms with E-state index < -0.39 is 16.0 Å². The number of carboxylic acid groups (broad SMARTS) is 1. The minimum Gasteiger partial charge on any atom is -0.478 e. The van der Waals surface area contributed by atoms with E-state index in [9.17, 15) is 18.3 Å². The van der Waals surface area contributed by atoms with Gasteiger partial charge in [0.25, 0.3) is 0 Å². The van der Waals surface area contributed by atoms with Gasteiger partial charge in [-0.05, 0) is 42.7 Å². The van der Waals surface area contributed by atoms with Crippen LogP contribution in [0.3, 0.4) is 0 Å². The minimum atomic E-state index is -3.68. The third-order valence-electron chi connectivity index (χ3n) is 3.85. The van der Waals surface area contributed by atoms with E-state index in [1.807, 2.05) is 0 Å². The lowest BCUT2D eigenvalue weighted by molar-refractivity contribution is 0.0696. The van der Waals surface area contributed by atoms with Crippen molar-refractivity contribution in [2.75, 3.05) is 13.1 Å². The highest BCUT2D eigenvalue weighted by Crippen LogP contribution is 2.27. The Morgan fingerprint density at radius 2 is 1.87 bits per heavy atom. The predicted molar refractivity (Wildman–Crippen MR) is 84.6 cm³/mol. The van der Waals surface area contributed by atoms with Crippen LogP contribution in [0.25, 0.3) is 11.1 Å². The molecule has 0 atom stereocenters. The number of carboxylic acids is 1.